The molecule has 20 heavy (non-hydrogen) atoms. The molecule has 0 radical (unpaired) electrons. The summed E-state index contributed by atoms with van der Waals surface area (Å²) < 4.78 is 38.5. The number of amidine groups is 1. The Labute approximate surface area is 116 Å². The van der Waals surface area contributed by atoms with Crippen molar-refractivity contribution in [1.82, 2.24) is 5.32 Å². The summed E-state index contributed by atoms with van der Waals surface area (Å²) in [4.78, 5) is 0. The van der Waals surface area contributed by atoms with E-state index in [9.17, 15) is 18.3 Å². The number of nitrogens with one attached hydrogen (secondary N) is 1. The molecule has 8 heteroatoms. The molecule has 1 rings (SSSR count). The van der Waals surface area contributed by atoms with Gasteiger partial charge in [0.15, 0.2) is 5.84 Å². The number of aliphatic hydroxyl groups excluding tert-OH is 1. The highest BCUT2D eigenvalue weighted by Crippen LogP contribution is 2.33. The molecule has 0 bridgehead atoms. The molecule has 0 amide bonds. The van der Waals surface area contributed by atoms with E-state index in [1.807, 2.05) is 0 Å². The number of aliphatic hydroxyl groups is 1. The fraction of sp³-hybridized carbons (Fsp3) is 0.917. The lowest BCUT2D eigenvalue weighted by atomic mass is 9.77. The third-order valence-corrected chi connectivity index (χ3v) is 4.08. The van der Waals surface area contributed by atoms with Crippen molar-refractivity contribution in [1.29, 1.82) is 0 Å². The maximum Gasteiger partial charge on any atom is 0.400 e. The Morgan fingerprint density at radius 2 is 2.00 bits per heavy atom. The molecule has 1 aliphatic carbocycles. The van der Waals surface area contributed by atoms with Crippen molar-refractivity contribution in [3.63, 3.8) is 0 Å². The van der Waals surface area contributed by atoms with Crippen molar-refractivity contribution in [3.05, 3.63) is 0 Å². The molecule has 0 aromatic carbocycles. The minimum Gasteiger partial charge on any atom is -0.409 e. The van der Waals surface area contributed by atoms with Crippen LogP contribution in [0, 0.1) is 11.8 Å². The van der Waals surface area contributed by atoms with Gasteiger partial charge in [-0.05, 0) is 31.6 Å². The van der Waals surface area contributed by atoms with E-state index in [0.717, 1.165) is 12.8 Å². The molecule has 0 spiro atoms. The van der Waals surface area contributed by atoms with E-state index in [0.29, 0.717) is 18.8 Å². The molecule has 0 heterocycles. The minimum atomic E-state index is -4.60. The molecule has 1 fully saturated rings. The predicted molar refractivity (Wildman–Crippen MR) is 68.4 cm³/mol. The Morgan fingerprint density at radius 3 is 2.40 bits per heavy atom. The second-order valence-corrected chi connectivity index (χ2v) is 5.62. The Morgan fingerprint density at radius 1 is 1.45 bits per heavy atom. The zero-order chi connectivity index (χ0) is 15.4. The molecule has 1 unspecified atom stereocenters. The van der Waals surface area contributed by atoms with Gasteiger partial charge >= 0.3 is 6.18 Å². The number of nitrogens with two attached hydrogens (primary N) is 1. The first-order valence-electron chi connectivity index (χ1n) is 6.64. The summed E-state index contributed by atoms with van der Waals surface area (Å²) in [5, 5.41) is 23.2. The Balaban J connectivity index is 2.70. The fourth-order valence-corrected chi connectivity index (χ4v) is 2.48. The summed E-state index contributed by atoms with van der Waals surface area (Å²) in [6.45, 7) is 1.35. The predicted octanol–water partition coefficient (Wildman–Crippen LogP) is 1.44. The summed E-state index contributed by atoms with van der Waals surface area (Å²) in [6, 6.07) is 0. The molecular weight excluding hydrogens is 275 g/mol. The molecular formula is C12H22F3N3O2. The molecule has 118 valence electrons. The van der Waals surface area contributed by atoms with Gasteiger partial charge in [0.2, 0.25) is 0 Å². The largest absolute Gasteiger partial charge is 0.409 e. The van der Waals surface area contributed by atoms with Crippen LogP contribution in [-0.4, -0.2) is 41.0 Å². The monoisotopic (exact) mass is 297 g/mol. The third-order valence-electron chi connectivity index (χ3n) is 4.08. The molecule has 5 nitrogen and oxygen atoms in total. The SMILES string of the molecule is CC1CCC(CO)(NCC(C(N)=NO)C(F)(F)F)CC1. The Kier molecular flexibility index (Phi) is 5.64. The maximum atomic E-state index is 12.8. The fourth-order valence-electron chi connectivity index (χ4n) is 2.48. The lowest BCUT2D eigenvalue weighted by Gasteiger charge is -2.40. The lowest BCUT2D eigenvalue weighted by molar-refractivity contribution is -0.156. The maximum absolute atomic E-state index is 12.8. The summed E-state index contributed by atoms with van der Waals surface area (Å²) >= 11 is 0. The highest BCUT2D eigenvalue weighted by Gasteiger charge is 2.44. The second kappa shape index (κ2) is 6.62. The number of hydrogen-bond donors (Lipinski definition) is 4. The zero-order valence-corrected chi connectivity index (χ0v) is 11.5. The first-order valence-corrected chi connectivity index (χ1v) is 6.64. The van der Waals surface area contributed by atoms with Gasteiger partial charge in [-0.2, -0.15) is 13.2 Å². The number of alkyl halides is 3. The third kappa shape index (κ3) is 4.24. The van der Waals surface area contributed by atoms with Gasteiger partial charge in [-0.25, -0.2) is 0 Å². The normalized spacial score (nSPS) is 30.2. The van der Waals surface area contributed by atoms with Gasteiger partial charge in [-0.15, -0.1) is 0 Å². The van der Waals surface area contributed by atoms with Crippen LogP contribution in [0.1, 0.15) is 32.6 Å². The van der Waals surface area contributed by atoms with Crippen LogP contribution >= 0.6 is 0 Å². The Bertz CT molecular complexity index is 339. The average Bonchev–Trinajstić information content (AvgIpc) is 2.39. The molecule has 1 aliphatic rings. The first-order chi connectivity index (χ1) is 9.24. The topological polar surface area (TPSA) is 90.9 Å². The van der Waals surface area contributed by atoms with Crippen molar-refractivity contribution < 1.29 is 23.5 Å². The van der Waals surface area contributed by atoms with Crippen LogP contribution in [0.25, 0.3) is 0 Å². The number of halogens is 3. The number of nitrogens with zero attached hydrogens (tertiary/aromatic N) is 1. The average molecular weight is 297 g/mol. The summed E-state index contributed by atoms with van der Waals surface area (Å²) in [6.07, 6.45) is -1.65. The number of rotatable bonds is 5. The van der Waals surface area contributed by atoms with Crippen LogP contribution in [0.15, 0.2) is 5.16 Å². The van der Waals surface area contributed by atoms with E-state index in [4.69, 9.17) is 10.9 Å². The van der Waals surface area contributed by atoms with Crippen molar-refractivity contribution in [3.8, 4) is 0 Å². The van der Waals surface area contributed by atoms with Crippen LogP contribution in [0.2, 0.25) is 0 Å². The summed E-state index contributed by atoms with van der Waals surface area (Å²) in [5.41, 5.74) is 4.40. The van der Waals surface area contributed by atoms with E-state index in [-0.39, 0.29) is 6.61 Å². The number of hydrogen-bond acceptors (Lipinski definition) is 4. The van der Waals surface area contributed by atoms with Crippen molar-refractivity contribution in [2.45, 2.75) is 44.3 Å². The highest BCUT2D eigenvalue weighted by molar-refractivity contribution is 5.83. The smallest absolute Gasteiger partial charge is 0.400 e. The molecule has 0 aromatic heterocycles. The lowest BCUT2D eigenvalue weighted by Crippen LogP contribution is -2.55. The van der Waals surface area contributed by atoms with E-state index in [1.165, 1.54) is 0 Å². The van der Waals surface area contributed by atoms with E-state index in [2.05, 4.69) is 17.4 Å². The molecule has 0 aliphatic heterocycles. The van der Waals surface area contributed by atoms with Crippen molar-refractivity contribution >= 4 is 5.84 Å². The first kappa shape index (κ1) is 17.0. The van der Waals surface area contributed by atoms with E-state index in [1.54, 1.807) is 0 Å². The van der Waals surface area contributed by atoms with Crippen LogP contribution in [0.4, 0.5) is 13.2 Å². The van der Waals surface area contributed by atoms with Crippen molar-refractivity contribution in [2.75, 3.05) is 13.2 Å². The van der Waals surface area contributed by atoms with Gasteiger partial charge in [0, 0.05) is 12.1 Å². The van der Waals surface area contributed by atoms with E-state index < -0.39 is 30.0 Å². The van der Waals surface area contributed by atoms with Crippen LogP contribution < -0.4 is 11.1 Å². The number of oxime groups is 1. The van der Waals surface area contributed by atoms with Gasteiger partial charge < -0.3 is 21.4 Å². The molecule has 1 saturated carbocycles. The summed E-state index contributed by atoms with van der Waals surface area (Å²) in [5.74, 6) is -2.42. The Hall–Kier alpha value is -1.02. The standard InChI is InChI=1S/C12H22F3N3O2/c1-8-2-4-11(7-19,5-3-8)17-6-9(10(16)18-20)12(13,14)15/h8-9,17,19-20H,2-7H2,1H3,(H2,16,18). The van der Waals surface area contributed by atoms with Crippen molar-refractivity contribution in [2.24, 2.45) is 22.7 Å². The van der Waals surface area contributed by atoms with Gasteiger partial charge in [0.05, 0.1) is 6.61 Å². The zero-order valence-electron chi connectivity index (χ0n) is 11.5. The van der Waals surface area contributed by atoms with Gasteiger partial charge in [-0.1, -0.05) is 12.1 Å². The van der Waals surface area contributed by atoms with Gasteiger partial charge in [0.25, 0.3) is 0 Å². The summed E-state index contributed by atoms with van der Waals surface area (Å²) in [7, 11) is 0. The molecule has 1 atom stereocenters. The quantitative estimate of drug-likeness (QED) is 0.267. The van der Waals surface area contributed by atoms with Crippen LogP contribution in [0.3, 0.4) is 0 Å². The minimum absolute atomic E-state index is 0.222. The van der Waals surface area contributed by atoms with Crippen LogP contribution in [0.5, 0.6) is 0 Å². The van der Waals surface area contributed by atoms with Gasteiger partial charge in [-0.3, -0.25) is 0 Å². The van der Waals surface area contributed by atoms with E-state index >= 15 is 0 Å². The molecule has 0 saturated heterocycles. The van der Waals surface area contributed by atoms with Crippen LogP contribution in [-0.2, 0) is 0 Å². The van der Waals surface area contributed by atoms with Gasteiger partial charge in [0.1, 0.15) is 5.92 Å². The molecule has 0 aromatic rings. The molecule has 5 N–H and O–H groups in total. The second-order valence-electron chi connectivity index (χ2n) is 5.62. The highest BCUT2D eigenvalue weighted by atomic mass is 19.4.